The van der Waals surface area contributed by atoms with Gasteiger partial charge in [0.1, 0.15) is 6.10 Å². The van der Waals surface area contributed by atoms with E-state index < -0.39 is 6.10 Å². The van der Waals surface area contributed by atoms with Crippen LogP contribution in [0.25, 0.3) is 0 Å². The van der Waals surface area contributed by atoms with Crippen LogP contribution >= 0.6 is 11.3 Å². The molecule has 1 unspecified atom stereocenters. The molecule has 0 bridgehead atoms. The lowest BCUT2D eigenvalue weighted by Gasteiger charge is -2.08. The van der Waals surface area contributed by atoms with Gasteiger partial charge in [0, 0.05) is 16.4 Å². The molecule has 0 aliphatic rings. The van der Waals surface area contributed by atoms with E-state index in [1.165, 1.54) is 10.4 Å². The van der Waals surface area contributed by atoms with E-state index in [9.17, 15) is 5.11 Å². The van der Waals surface area contributed by atoms with Crippen molar-refractivity contribution in [2.45, 2.75) is 33.3 Å². The van der Waals surface area contributed by atoms with E-state index in [1.54, 1.807) is 11.3 Å². The van der Waals surface area contributed by atoms with Crippen LogP contribution in [0.15, 0.2) is 6.07 Å². The maximum Gasteiger partial charge on any atom is 0.111 e. The molecule has 0 fully saturated rings. The van der Waals surface area contributed by atoms with E-state index in [-0.39, 0.29) is 0 Å². The van der Waals surface area contributed by atoms with Gasteiger partial charge in [0.05, 0.1) is 6.61 Å². The highest BCUT2D eigenvalue weighted by atomic mass is 32.1. The summed E-state index contributed by atoms with van der Waals surface area (Å²) in [5, 5.41) is 9.77. The summed E-state index contributed by atoms with van der Waals surface area (Å²) in [5.74, 6) is 0. The highest BCUT2D eigenvalue weighted by Gasteiger charge is 2.11. The van der Waals surface area contributed by atoms with Crippen molar-refractivity contribution in [3.63, 3.8) is 0 Å². The first kappa shape index (κ1) is 11.7. The van der Waals surface area contributed by atoms with Crippen molar-refractivity contribution in [1.29, 1.82) is 0 Å². The molecule has 14 heavy (non-hydrogen) atoms. The van der Waals surface area contributed by atoms with Gasteiger partial charge >= 0.3 is 0 Å². The molecule has 1 aromatic rings. The Balaban J connectivity index is 2.47. The van der Waals surface area contributed by atoms with Gasteiger partial charge in [0.2, 0.25) is 0 Å². The molecule has 3 heteroatoms. The van der Waals surface area contributed by atoms with Crippen LogP contribution < -0.4 is 0 Å². The van der Waals surface area contributed by atoms with Crippen LogP contribution in [0, 0.1) is 13.8 Å². The van der Waals surface area contributed by atoms with Crippen molar-refractivity contribution in [1.82, 2.24) is 0 Å². The fourth-order valence-corrected chi connectivity index (χ4v) is 2.20. The van der Waals surface area contributed by atoms with Crippen LogP contribution in [0.1, 0.15) is 34.8 Å². The number of hydrogen-bond acceptors (Lipinski definition) is 3. The summed E-state index contributed by atoms with van der Waals surface area (Å²) in [6.07, 6.45) is 0.536. The molecule has 0 aliphatic heterocycles. The SMILES string of the molecule is CCCOCC(O)c1cc(C)c(C)s1. The average Bonchev–Trinajstić information content (AvgIpc) is 2.47. The van der Waals surface area contributed by atoms with Gasteiger partial charge in [-0.2, -0.15) is 0 Å². The minimum absolute atomic E-state index is 0.410. The van der Waals surface area contributed by atoms with E-state index in [4.69, 9.17) is 4.74 Å². The summed E-state index contributed by atoms with van der Waals surface area (Å²) in [7, 11) is 0. The minimum atomic E-state index is -0.459. The van der Waals surface area contributed by atoms with E-state index >= 15 is 0 Å². The van der Waals surface area contributed by atoms with Gasteiger partial charge in [-0.1, -0.05) is 6.92 Å². The molecule has 0 saturated carbocycles. The third kappa shape index (κ3) is 3.08. The van der Waals surface area contributed by atoms with Crippen LogP contribution in [-0.4, -0.2) is 18.3 Å². The average molecular weight is 214 g/mol. The molecule has 0 aromatic carbocycles. The Morgan fingerprint density at radius 3 is 2.71 bits per heavy atom. The number of hydrogen-bond donors (Lipinski definition) is 1. The van der Waals surface area contributed by atoms with E-state index in [1.807, 2.05) is 6.07 Å². The standard InChI is InChI=1S/C11H18O2S/c1-4-5-13-7-10(12)11-6-8(2)9(3)14-11/h6,10,12H,4-5,7H2,1-3H3. The monoisotopic (exact) mass is 214 g/mol. The van der Waals surface area contributed by atoms with Gasteiger partial charge in [0.25, 0.3) is 0 Å². The molecule has 1 rings (SSSR count). The molecule has 0 aliphatic carbocycles. The molecular formula is C11H18O2S. The topological polar surface area (TPSA) is 29.5 Å². The molecule has 80 valence electrons. The fourth-order valence-electron chi connectivity index (χ4n) is 1.19. The Hall–Kier alpha value is -0.380. The smallest absolute Gasteiger partial charge is 0.111 e. The Bertz CT molecular complexity index is 261. The Kier molecular flexibility index (Phi) is 4.58. The Labute approximate surface area is 89.5 Å². The first-order chi connectivity index (χ1) is 6.65. The summed E-state index contributed by atoms with van der Waals surface area (Å²) >= 11 is 1.65. The molecule has 0 spiro atoms. The lowest BCUT2D eigenvalue weighted by Crippen LogP contribution is -2.06. The second-order valence-electron chi connectivity index (χ2n) is 3.48. The minimum Gasteiger partial charge on any atom is -0.385 e. The maximum atomic E-state index is 9.77. The second kappa shape index (κ2) is 5.49. The normalized spacial score (nSPS) is 13.1. The zero-order chi connectivity index (χ0) is 10.6. The molecule has 0 saturated heterocycles. The zero-order valence-corrected chi connectivity index (χ0v) is 9.86. The second-order valence-corrected chi connectivity index (χ2v) is 4.77. The summed E-state index contributed by atoms with van der Waals surface area (Å²) in [5.41, 5.74) is 1.25. The van der Waals surface area contributed by atoms with Crippen LogP contribution in [0.5, 0.6) is 0 Å². The van der Waals surface area contributed by atoms with Crippen molar-refractivity contribution in [2.75, 3.05) is 13.2 Å². The van der Waals surface area contributed by atoms with Crippen molar-refractivity contribution in [3.05, 3.63) is 21.4 Å². The van der Waals surface area contributed by atoms with Crippen molar-refractivity contribution in [3.8, 4) is 0 Å². The van der Waals surface area contributed by atoms with E-state index in [0.717, 1.165) is 17.9 Å². The molecule has 0 amide bonds. The molecule has 1 heterocycles. The summed E-state index contributed by atoms with van der Waals surface area (Å²) in [6, 6.07) is 2.04. The Morgan fingerprint density at radius 1 is 1.50 bits per heavy atom. The highest BCUT2D eigenvalue weighted by molar-refractivity contribution is 7.12. The van der Waals surface area contributed by atoms with E-state index in [2.05, 4.69) is 20.8 Å². The third-order valence-electron chi connectivity index (χ3n) is 2.14. The fraction of sp³-hybridized carbons (Fsp3) is 0.636. The van der Waals surface area contributed by atoms with Gasteiger partial charge in [-0.05, 0) is 31.9 Å². The molecule has 1 N–H and O–H groups in total. The van der Waals surface area contributed by atoms with Crippen molar-refractivity contribution >= 4 is 11.3 Å². The summed E-state index contributed by atoms with van der Waals surface area (Å²) in [6.45, 7) is 7.33. The van der Waals surface area contributed by atoms with Gasteiger partial charge in [-0.25, -0.2) is 0 Å². The predicted octanol–water partition coefficient (Wildman–Crippen LogP) is 2.82. The summed E-state index contributed by atoms with van der Waals surface area (Å²) in [4.78, 5) is 2.28. The number of thiophene rings is 1. The highest BCUT2D eigenvalue weighted by Crippen LogP contribution is 2.26. The lowest BCUT2D eigenvalue weighted by atomic mass is 10.2. The third-order valence-corrected chi connectivity index (χ3v) is 3.39. The first-order valence-corrected chi connectivity index (χ1v) is 5.79. The number of ether oxygens (including phenoxy) is 1. The molecular weight excluding hydrogens is 196 g/mol. The lowest BCUT2D eigenvalue weighted by molar-refractivity contribution is 0.0381. The van der Waals surface area contributed by atoms with Crippen LogP contribution in [0.4, 0.5) is 0 Å². The van der Waals surface area contributed by atoms with Gasteiger partial charge in [-0.3, -0.25) is 0 Å². The van der Waals surface area contributed by atoms with E-state index in [0.29, 0.717) is 6.61 Å². The van der Waals surface area contributed by atoms with Gasteiger partial charge in [-0.15, -0.1) is 11.3 Å². The van der Waals surface area contributed by atoms with Crippen molar-refractivity contribution in [2.24, 2.45) is 0 Å². The quantitative estimate of drug-likeness (QED) is 0.764. The van der Waals surface area contributed by atoms with Crippen LogP contribution in [-0.2, 0) is 4.74 Å². The number of rotatable bonds is 5. The number of aliphatic hydroxyl groups is 1. The number of aliphatic hydroxyl groups excluding tert-OH is 1. The molecule has 2 nitrogen and oxygen atoms in total. The zero-order valence-electron chi connectivity index (χ0n) is 9.04. The number of aryl methyl sites for hydroxylation is 2. The molecule has 1 aromatic heterocycles. The van der Waals surface area contributed by atoms with Gasteiger partial charge < -0.3 is 9.84 Å². The Morgan fingerprint density at radius 2 is 2.21 bits per heavy atom. The summed E-state index contributed by atoms with van der Waals surface area (Å²) < 4.78 is 5.30. The van der Waals surface area contributed by atoms with Crippen LogP contribution in [0.2, 0.25) is 0 Å². The maximum absolute atomic E-state index is 9.77. The van der Waals surface area contributed by atoms with Crippen LogP contribution in [0.3, 0.4) is 0 Å². The predicted molar refractivity (Wildman–Crippen MR) is 59.9 cm³/mol. The first-order valence-electron chi connectivity index (χ1n) is 4.98. The van der Waals surface area contributed by atoms with Crippen molar-refractivity contribution < 1.29 is 9.84 Å². The molecule has 1 atom stereocenters. The largest absolute Gasteiger partial charge is 0.385 e. The molecule has 0 radical (unpaired) electrons. The van der Waals surface area contributed by atoms with Gasteiger partial charge in [0.15, 0.2) is 0 Å².